The summed E-state index contributed by atoms with van der Waals surface area (Å²) in [4.78, 5) is 38.9. The van der Waals surface area contributed by atoms with Crippen molar-refractivity contribution in [1.29, 1.82) is 0 Å². The Morgan fingerprint density at radius 2 is 1.45 bits per heavy atom. The molecule has 0 amide bonds. The molecule has 1 unspecified atom stereocenters. The highest BCUT2D eigenvalue weighted by Crippen LogP contribution is 2.51. The summed E-state index contributed by atoms with van der Waals surface area (Å²) in [6, 6.07) is 30.5. The van der Waals surface area contributed by atoms with Gasteiger partial charge < -0.3 is 24.2 Å². The van der Waals surface area contributed by atoms with Gasteiger partial charge in [-0.3, -0.25) is 14.1 Å². The highest BCUT2D eigenvalue weighted by atomic mass is 32.2. The molecule has 0 saturated heterocycles. The molecule has 0 radical (unpaired) electrons. The van der Waals surface area contributed by atoms with Crippen LogP contribution in [-0.4, -0.2) is 78.6 Å². The molecule has 2 heterocycles. The predicted octanol–water partition coefficient (Wildman–Crippen LogP) is 11.6. The average molecular weight is 960 g/mol. The van der Waals surface area contributed by atoms with Gasteiger partial charge in [-0.15, -0.1) is 6.58 Å². The maximum absolute atomic E-state index is 12.9. The molecule has 0 fully saturated rings. The van der Waals surface area contributed by atoms with Gasteiger partial charge >= 0.3 is 5.97 Å². The van der Waals surface area contributed by atoms with Crippen molar-refractivity contribution in [3.8, 4) is 5.75 Å². The van der Waals surface area contributed by atoms with Crippen molar-refractivity contribution < 1.29 is 51.2 Å². The van der Waals surface area contributed by atoms with Crippen LogP contribution < -0.4 is 9.64 Å². The standard InChI is InChI=1S/C56H66N2O10S/c1-6-36-66-54(68-39-53(61)62)40-67-44-27-20-22-41(37-44)50(60)30-16-9-7-8-14-25-43(59)26-15-11-19-35-57-48-34-33-45(69(63,64)65)38-47(48)56(4,5)51(57)31-21-32-52-55(2,3)46-28-17-18-29-49(46)58(52)42-23-12-10-13-24-42/h6,10,12-13,17-18,20-24,27-29,31-34,37-38,54H,1,7-9,11,14-16,19,25-26,30,35-36,39-40H2,2-5H3,(H-,61,62,63,64,65)/p+1. The second-order valence-corrected chi connectivity index (χ2v) is 20.1. The van der Waals surface area contributed by atoms with E-state index in [0.29, 0.717) is 37.1 Å². The molecule has 12 nitrogen and oxygen atoms in total. The van der Waals surface area contributed by atoms with E-state index in [1.54, 1.807) is 36.4 Å². The SMILES string of the molecule is C=CCOC(COc1cccc(C(=O)CCCCCCCC(=O)CCCCC[N+]2=C(C=CC=C3N(c4ccccc4)c4ccccc4C3(C)C)C(C)(C)c3cc(S(=O)(=O)O)ccc32)c1)OCC(=O)O. The molecule has 366 valence electrons. The van der Waals surface area contributed by atoms with Gasteiger partial charge in [0, 0.05) is 71.4 Å². The van der Waals surface area contributed by atoms with Crippen molar-refractivity contribution >= 4 is 50.4 Å². The maximum Gasteiger partial charge on any atom is 0.329 e. The zero-order valence-electron chi connectivity index (χ0n) is 40.4. The molecule has 2 N–H and O–H groups in total. The number of anilines is 2. The van der Waals surface area contributed by atoms with E-state index >= 15 is 0 Å². The van der Waals surface area contributed by atoms with Crippen LogP contribution in [0.25, 0.3) is 0 Å². The van der Waals surface area contributed by atoms with E-state index < -0.39 is 34.4 Å². The fourth-order valence-corrected chi connectivity index (χ4v) is 9.76. The van der Waals surface area contributed by atoms with Crippen molar-refractivity contribution in [3.05, 3.63) is 150 Å². The first-order valence-corrected chi connectivity index (χ1v) is 25.4. The number of nitrogens with zero attached hydrogens (tertiary/aromatic N) is 2. The molecule has 6 rings (SSSR count). The van der Waals surface area contributed by atoms with Gasteiger partial charge in [0.15, 0.2) is 17.8 Å². The van der Waals surface area contributed by atoms with E-state index in [2.05, 4.69) is 98.4 Å². The second kappa shape index (κ2) is 24.0. The number of carboxylic acid groups (broad SMARTS) is 1. The molecule has 0 bridgehead atoms. The number of carbonyl (C=O) groups is 3. The third-order valence-electron chi connectivity index (χ3n) is 12.9. The Kier molecular flexibility index (Phi) is 18.2. The zero-order valence-corrected chi connectivity index (χ0v) is 41.2. The number of benzene rings is 4. The van der Waals surface area contributed by atoms with Crippen LogP contribution in [0.3, 0.4) is 0 Å². The molecular formula is C56H67N2O10S+. The van der Waals surface area contributed by atoms with Gasteiger partial charge in [-0.25, -0.2) is 4.79 Å². The number of allylic oxidation sites excluding steroid dienone is 4. The lowest BCUT2D eigenvalue weighted by atomic mass is 9.81. The van der Waals surface area contributed by atoms with Crippen LogP contribution in [0.2, 0.25) is 0 Å². The lowest BCUT2D eigenvalue weighted by molar-refractivity contribution is -0.438. The van der Waals surface area contributed by atoms with E-state index in [9.17, 15) is 27.4 Å². The van der Waals surface area contributed by atoms with Crippen molar-refractivity contribution in [2.45, 2.75) is 120 Å². The van der Waals surface area contributed by atoms with Crippen molar-refractivity contribution in [1.82, 2.24) is 0 Å². The van der Waals surface area contributed by atoms with Crippen molar-refractivity contribution in [2.24, 2.45) is 0 Å². The number of hydrogen-bond donors (Lipinski definition) is 2. The minimum atomic E-state index is -4.40. The number of ether oxygens (including phenoxy) is 3. The Labute approximate surface area is 407 Å². The fourth-order valence-electron chi connectivity index (χ4n) is 9.25. The largest absolute Gasteiger partial charge is 0.488 e. The maximum atomic E-state index is 12.9. The van der Waals surface area contributed by atoms with E-state index in [0.717, 1.165) is 85.4 Å². The summed E-state index contributed by atoms with van der Waals surface area (Å²) in [5.74, 6) is -0.403. The van der Waals surface area contributed by atoms with Crippen molar-refractivity contribution in [2.75, 3.05) is 31.3 Å². The third-order valence-corrected chi connectivity index (χ3v) is 13.8. The quantitative estimate of drug-likeness (QED) is 0.0139. The summed E-state index contributed by atoms with van der Waals surface area (Å²) in [6.07, 6.45) is 15.3. The highest BCUT2D eigenvalue weighted by molar-refractivity contribution is 7.85. The van der Waals surface area contributed by atoms with E-state index in [-0.39, 0.29) is 35.1 Å². The lowest BCUT2D eigenvalue weighted by Gasteiger charge is -2.27. The Hall–Kier alpha value is -5.99. The number of aliphatic carboxylic acids is 1. The molecule has 0 spiro atoms. The fraction of sp³-hybridized carbons (Fsp3) is 0.393. The molecule has 4 aromatic rings. The third kappa shape index (κ3) is 13.6. The number of ketones is 2. The van der Waals surface area contributed by atoms with Crippen LogP contribution in [0.1, 0.15) is 120 Å². The summed E-state index contributed by atoms with van der Waals surface area (Å²) in [5, 5.41) is 8.92. The number of fused-ring (bicyclic) bond motifs is 2. The first-order chi connectivity index (χ1) is 33.0. The average Bonchev–Trinajstić information content (AvgIpc) is 3.68. The number of carboxylic acids is 1. The Morgan fingerprint density at radius 3 is 2.16 bits per heavy atom. The smallest absolute Gasteiger partial charge is 0.329 e. The molecule has 2 aliphatic rings. The van der Waals surface area contributed by atoms with Crippen molar-refractivity contribution in [3.63, 3.8) is 0 Å². The molecule has 1 atom stereocenters. The van der Waals surface area contributed by atoms with Gasteiger partial charge in [-0.05, 0) is 93.6 Å². The second-order valence-electron chi connectivity index (χ2n) is 18.7. The van der Waals surface area contributed by atoms with E-state index in [4.69, 9.17) is 19.3 Å². The first kappa shape index (κ1) is 52.4. The number of carbonyl (C=O) groups excluding carboxylic acids is 2. The van der Waals surface area contributed by atoms with Gasteiger partial charge in [0.05, 0.1) is 16.9 Å². The lowest BCUT2D eigenvalue weighted by Crippen LogP contribution is -2.28. The molecular weight excluding hydrogens is 893 g/mol. The molecule has 13 heteroatoms. The molecule has 4 aromatic carbocycles. The number of hydrogen-bond acceptors (Lipinski definition) is 9. The van der Waals surface area contributed by atoms with Crippen LogP contribution in [0.4, 0.5) is 17.1 Å². The minimum Gasteiger partial charge on any atom is -0.488 e. The number of rotatable bonds is 28. The van der Waals surface area contributed by atoms with Crippen LogP contribution in [-0.2, 0) is 40.0 Å². The Balaban J connectivity index is 0.978. The van der Waals surface area contributed by atoms with Crippen LogP contribution in [0, 0.1) is 0 Å². The summed E-state index contributed by atoms with van der Waals surface area (Å²) in [5.41, 5.74) is 7.04. The van der Waals surface area contributed by atoms with Crippen LogP contribution >= 0.6 is 0 Å². The van der Waals surface area contributed by atoms with Gasteiger partial charge in [-0.2, -0.15) is 13.0 Å². The molecule has 0 aromatic heterocycles. The van der Waals surface area contributed by atoms with Gasteiger partial charge in [0.2, 0.25) is 5.69 Å². The normalized spacial score (nSPS) is 15.9. The summed E-state index contributed by atoms with van der Waals surface area (Å²) >= 11 is 0. The molecule has 2 aliphatic heterocycles. The topological polar surface area (TPSA) is 160 Å². The van der Waals surface area contributed by atoms with Gasteiger partial charge in [-0.1, -0.05) is 93.8 Å². The number of para-hydroxylation sites is 2. The highest BCUT2D eigenvalue weighted by Gasteiger charge is 2.45. The van der Waals surface area contributed by atoms with Crippen LogP contribution in [0.5, 0.6) is 5.75 Å². The summed E-state index contributed by atoms with van der Waals surface area (Å²) in [7, 11) is -4.40. The van der Waals surface area contributed by atoms with Crippen LogP contribution in [0.15, 0.2) is 139 Å². The van der Waals surface area contributed by atoms with E-state index in [1.165, 1.54) is 17.7 Å². The zero-order chi connectivity index (χ0) is 49.6. The Morgan fingerprint density at radius 1 is 0.768 bits per heavy atom. The predicted molar refractivity (Wildman–Crippen MR) is 270 cm³/mol. The van der Waals surface area contributed by atoms with Gasteiger partial charge in [0.1, 0.15) is 31.3 Å². The monoisotopic (exact) mass is 959 g/mol. The molecule has 0 saturated carbocycles. The molecule has 69 heavy (non-hydrogen) atoms. The first-order valence-electron chi connectivity index (χ1n) is 24.0. The van der Waals surface area contributed by atoms with Gasteiger partial charge in [0.25, 0.3) is 10.1 Å². The minimum absolute atomic E-state index is 0.00927. The number of Topliss-reactive ketones (excluding diaryl/α,β-unsaturated/α-hetero) is 2. The molecule has 0 aliphatic carbocycles. The Bertz CT molecular complexity index is 2670. The van der Waals surface area contributed by atoms with E-state index in [1.807, 2.05) is 18.2 Å². The number of unbranched alkanes of at least 4 members (excludes halogenated alkanes) is 6. The summed E-state index contributed by atoms with van der Waals surface area (Å²) < 4.78 is 53.1. The summed E-state index contributed by atoms with van der Waals surface area (Å²) in [6.45, 7) is 12.5.